The van der Waals surface area contributed by atoms with Crippen LogP contribution in [0.2, 0.25) is 0 Å². The summed E-state index contributed by atoms with van der Waals surface area (Å²) in [6, 6.07) is 16.6. The molecule has 1 fully saturated rings. The second-order valence-electron chi connectivity index (χ2n) is 8.21. The summed E-state index contributed by atoms with van der Waals surface area (Å²) in [5.74, 6) is 1.71. The lowest BCUT2D eigenvalue weighted by Crippen LogP contribution is -2.41. The van der Waals surface area contributed by atoms with Crippen LogP contribution in [0.3, 0.4) is 0 Å². The number of nitrogens with zero attached hydrogens (tertiary/aromatic N) is 1. The summed E-state index contributed by atoms with van der Waals surface area (Å²) in [6.45, 7) is 10.5. The van der Waals surface area contributed by atoms with Gasteiger partial charge >= 0.3 is 0 Å². The molecule has 2 aromatic carbocycles. The minimum absolute atomic E-state index is 0.0191. The summed E-state index contributed by atoms with van der Waals surface area (Å²) in [6.07, 6.45) is 2.28. The Morgan fingerprint density at radius 3 is 2.66 bits per heavy atom. The van der Waals surface area contributed by atoms with E-state index in [9.17, 15) is 0 Å². The zero-order chi connectivity index (χ0) is 22.6. The van der Waals surface area contributed by atoms with Crippen LogP contribution in [0.5, 0.6) is 5.75 Å². The average Bonchev–Trinajstić information content (AvgIpc) is 2.82. The van der Waals surface area contributed by atoms with E-state index >= 15 is 0 Å². The summed E-state index contributed by atoms with van der Waals surface area (Å²) in [7, 11) is 0. The van der Waals surface area contributed by atoms with Crippen molar-refractivity contribution in [3.05, 3.63) is 65.2 Å². The normalized spacial score (nSPS) is 15.9. The van der Waals surface area contributed by atoms with Crippen LogP contribution in [0.15, 0.2) is 53.5 Å². The number of hydrogen-bond acceptors (Lipinski definition) is 4. The Morgan fingerprint density at radius 1 is 1.09 bits per heavy atom. The zero-order valence-corrected chi connectivity index (χ0v) is 19.6. The summed E-state index contributed by atoms with van der Waals surface area (Å²) in [5, 5.41) is 6.70. The van der Waals surface area contributed by atoms with E-state index in [-0.39, 0.29) is 6.10 Å². The number of ether oxygens (including phenoxy) is 3. The number of rotatable bonds is 10. The molecular formula is C26H37N3O3. The number of para-hydroxylation sites is 1. The quantitative estimate of drug-likeness (QED) is 0.429. The van der Waals surface area contributed by atoms with Gasteiger partial charge in [0.05, 0.1) is 25.8 Å². The van der Waals surface area contributed by atoms with E-state index in [2.05, 4.69) is 61.7 Å². The molecular weight excluding hydrogens is 402 g/mol. The smallest absolute Gasteiger partial charge is 0.191 e. The highest BCUT2D eigenvalue weighted by atomic mass is 16.5. The molecule has 0 saturated carbocycles. The molecule has 1 unspecified atom stereocenters. The van der Waals surface area contributed by atoms with Crippen LogP contribution in [0.4, 0.5) is 0 Å². The van der Waals surface area contributed by atoms with Gasteiger partial charge in [-0.2, -0.15) is 0 Å². The number of benzene rings is 2. The van der Waals surface area contributed by atoms with Gasteiger partial charge in [0.15, 0.2) is 5.96 Å². The molecule has 1 saturated heterocycles. The van der Waals surface area contributed by atoms with Crippen molar-refractivity contribution >= 4 is 5.96 Å². The fourth-order valence-corrected chi connectivity index (χ4v) is 3.57. The molecule has 1 aliphatic heterocycles. The second-order valence-corrected chi connectivity index (χ2v) is 8.21. The lowest BCUT2D eigenvalue weighted by Gasteiger charge is -2.22. The second kappa shape index (κ2) is 13.1. The van der Waals surface area contributed by atoms with Gasteiger partial charge in [-0.25, -0.2) is 4.99 Å². The first kappa shape index (κ1) is 24.1. The maximum Gasteiger partial charge on any atom is 0.191 e. The van der Waals surface area contributed by atoms with Crippen molar-refractivity contribution in [2.45, 2.75) is 59.0 Å². The van der Waals surface area contributed by atoms with Gasteiger partial charge in [-0.1, -0.05) is 42.5 Å². The van der Waals surface area contributed by atoms with Gasteiger partial charge in [0.2, 0.25) is 0 Å². The third kappa shape index (κ3) is 8.17. The molecule has 6 heteroatoms. The van der Waals surface area contributed by atoms with E-state index in [0.717, 1.165) is 49.9 Å². The van der Waals surface area contributed by atoms with Crippen LogP contribution in [0, 0.1) is 6.92 Å². The van der Waals surface area contributed by atoms with E-state index < -0.39 is 0 Å². The third-order valence-electron chi connectivity index (χ3n) is 5.39. The SMILES string of the molecule is CCNC(=NCc1cccc(COC2CCOCC2)c1)NCC(C)Oc1ccccc1C. The number of aryl methyl sites for hydroxylation is 1. The highest BCUT2D eigenvalue weighted by Crippen LogP contribution is 2.17. The first-order chi connectivity index (χ1) is 15.6. The first-order valence-corrected chi connectivity index (χ1v) is 11.7. The largest absolute Gasteiger partial charge is 0.489 e. The molecule has 0 amide bonds. The number of nitrogens with one attached hydrogen (secondary N) is 2. The fourth-order valence-electron chi connectivity index (χ4n) is 3.57. The molecule has 174 valence electrons. The summed E-state index contributed by atoms with van der Waals surface area (Å²) < 4.78 is 17.5. The number of guanidine groups is 1. The predicted molar refractivity (Wildman–Crippen MR) is 129 cm³/mol. The Bertz CT molecular complexity index is 850. The van der Waals surface area contributed by atoms with Crippen LogP contribution in [-0.2, 0) is 22.6 Å². The van der Waals surface area contributed by atoms with E-state index in [1.165, 1.54) is 11.1 Å². The summed E-state index contributed by atoms with van der Waals surface area (Å²) in [4.78, 5) is 4.75. The molecule has 0 radical (unpaired) electrons. The van der Waals surface area contributed by atoms with Crippen LogP contribution < -0.4 is 15.4 Å². The van der Waals surface area contributed by atoms with Gasteiger partial charge < -0.3 is 24.8 Å². The molecule has 0 bridgehead atoms. The summed E-state index contributed by atoms with van der Waals surface area (Å²) >= 11 is 0. The molecule has 3 rings (SSSR count). The van der Waals surface area contributed by atoms with Crippen LogP contribution in [0.25, 0.3) is 0 Å². The Kier molecular flexibility index (Phi) is 9.85. The van der Waals surface area contributed by atoms with Crippen molar-refractivity contribution in [2.24, 2.45) is 4.99 Å². The molecule has 6 nitrogen and oxygen atoms in total. The van der Waals surface area contributed by atoms with Crippen LogP contribution in [0.1, 0.15) is 43.4 Å². The molecule has 0 aromatic heterocycles. The third-order valence-corrected chi connectivity index (χ3v) is 5.39. The first-order valence-electron chi connectivity index (χ1n) is 11.7. The van der Waals surface area contributed by atoms with Gasteiger partial charge in [0.25, 0.3) is 0 Å². The fraction of sp³-hybridized carbons (Fsp3) is 0.500. The highest BCUT2D eigenvalue weighted by Gasteiger charge is 2.14. The molecule has 2 N–H and O–H groups in total. The average molecular weight is 440 g/mol. The lowest BCUT2D eigenvalue weighted by molar-refractivity contribution is -0.0390. The monoisotopic (exact) mass is 439 g/mol. The van der Waals surface area contributed by atoms with Gasteiger partial charge in [-0.3, -0.25) is 0 Å². The molecule has 1 atom stereocenters. The molecule has 2 aromatic rings. The van der Waals surface area contributed by atoms with Crippen molar-refractivity contribution in [1.29, 1.82) is 0 Å². The van der Waals surface area contributed by atoms with Gasteiger partial charge in [0.1, 0.15) is 11.9 Å². The number of hydrogen-bond donors (Lipinski definition) is 2. The Balaban J connectivity index is 1.49. The maximum atomic E-state index is 6.06. The Hall–Kier alpha value is -2.57. The minimum Gasteiger partial charge on any atom is -0.489 e. The molecule has 32 heavy (non-hydrogen) atoms. The van der Waals surface area contributed by atoms with Crippen molar-refractivity contribution in [2.75, 3.05) is 26.3 Å². The number of aliphatic imine (C=N–C) groups is 1. The van der Waals surface area contributed by atoms with Crippen molar-refractivity contribution in [1.82, 2.24) is 10.6 Å². The minimum atomic E-state index is 0.0191. The molecule has 0 aliphatic carbocycles. The van der Waals surface area contributed by atoms with E-state index in [4.69, 9.17) is 19.2 Å². The lowest BCUT2D eigenvalue weighted by atomic mass is 10.1. The van der Waals surface area contributed by atoms with Gasteiger partial charge in [-0.15, -0.1) is 0 Å². The summed E-state index contributed by atoms with van der Waals surface area (Å²) in [5.41, 5.74) is 3.49. The van der Waals surface area contributed by atoms with Crippen molar-refractivity contribution in [3.63, 3.8) is 0 Å². The van der Waals surface area contributed by atoms with Crippen LogP contribution >= 0.6 is 0 Å². The standard InChI is InChI=1S/C26H37N3O3/c1-4-27-26(28-17-21(3)32-25-11-6-5-8-20(25)2)29-18-22-9-7-10-23(16-22)19-31-24-12-14-30-15-13-24/h5-11,16,21,24H,4,12-15,17-19H2,1-3H3,(H2,27,28,29). The highest BCUT2D eigenvalue weighted by molar-refractivity contribution is 5.79. The maximum absolute atomic E-state index is 6.06. The topological polar surface area (TPSA) is 64.1 Å². The Labute approximate surface area is 192 Å². The van der Waals surface area contributed by atoms with E-state index in [1.807, 2.05) is 18.2 Å². The van der Waals surface area contributed by atoms with E-state index in [0.29, 0.717) is 25.8 Å². The van der Waals surface area contributed by atoms with Crippen molar-refractivity contribution in [3.8, 4) is 5.75 Å². The van der Waals surface area contributed by atoms with Crippen molar-refractivity contribution < 1.29 is 14.2 Å². The predicted octanol–water partition coefficient (Wildman–Crippen LogP) is 4.21. The van der Waals surface area contributed by atoms with Crippen LogP contribution in [-0.4, -0.2) is 44.5 Å². The van der Waals surface area contributed by atoms with Gasteiger partial charge in [0, 0.05) is 19.8 Å². The molecule has 1 heterocycles. The molecule has 0 spiro atoms. The molecule has 1 aliphatic rings. The Morgan fingerprint density at radius 2 is 1.88 bits per heavy atom. The van der Waals surface area contributed by atoms with Gasteiger partial charge in [-0.05, 0) is 56.4 Å². The van der Waals surface area contributed by atoms with E-state index in [1.54, 1.807) is 0 Å². The zero-order valence-electron chi connectivity index (χ0n) is 19.6.